The van der Waals surface area contributed by atoms with E-state index < -0.39 is 18.2 Å². The molecule has 8 nitrogen and oxygen atoms in total. The number of hydrogen-bond acceptors (Lipinski definition) is 5. The largest absolute Gasteiger partial charge is 0.478 e. The maximum atomic E-state index is 12.5. The van der Waals surface area contributed by atoms with Crippen LogP contribution >= 0.6 is 0 Å². The normalized spacial score (nSPS) is 15.1. The van der Waals surface area contributed by atoms with Gasteiger partial charge in [-0.15, -0.1) is 0 Å². The molecule has 148 valence electrons. The van der Waals surface area contributed by atoms with Gasteiger partial charge in [0.15, 0.2) is 0 Å². The zero-order valence-electron chi connectivity index (χ0n) is 15.8. The minimum Gasteiger partial charge on any atom is -0.478 e. The number of hydrazine groups is 1. The molecule has 1 saturated heterocycles. The van der Waals surface area contributed by atoms with Gasteiger partial charge in [0.25, 0.3) is 0 Å². The third-order valence-electron chi connectivity index (χ3n) is 4.31. The van der Waals surface area contributed by atoms with Gasteiger partial charge in [-0.3, -0.25) is 4.79 Å². The van der Waals surface area contributed by atoms with Gasteiger partial charge in [-0.05, 0) is 39.0 Å². The Morgan fingerprint density at radius 1 is 1.15 bits per heavy atom. The number of carbonyl (C=O) groups is 3. The predicted molar refractivity (Wildman–Crippen MR) is 98.9 cm³/mol. The fraction of sp³-hybridized carbons (Fsp3) is 0.526. The lowest BCUT2D eigenvalue weighted by atomic mass is 10.1. The first-order valence-electron chi connectivity index (χ1n) is 9.08. The molecule has 0 radical (unpaired) electrons. The van der Waals surface area contributed by atoms with E-state index in [4.69, 9.17) is 4.74 Å². The number of carboxylic acids is 1. The van der Waals surface area contributed by atoms with Crippen molar-refractivity contribution in [2.24, 2.45) is 0 Å². The summed E-state index contributed by atoms with van der Waals surface area (Å²) in [5, 5.41) is 12.0. The van der Waals surface area contributed by atoms with Crippen molar-refractivity contribution in [1.29, 1.82) is 0 Å². The molecule has 1 unspecified atom stereocenters. The van der Waals surface area contributed by atoms with Crippen molar-refractivity contribution in [3.05, 3.63) is 35.9 Å². The van der Waals surface area contributed by atoms with Crippen LogP contribution in [0.5, 0.6) is 0 Å². The SMILES string of the molecule is CN(C)CCCC(=O)N1CCCN1C(=O)OC(Cc1ccccc1)C(=O)O. The van der Waals surface area contributed by atoms with Gasteiger partial charge < -0.3 is 14.7 Å². The van der Waals surface area contributed by atoms with Gasteiger partial charge in [-0.2, -0.15) is 0 Å². The lowest BCUT2D eigenvalue weighted by Gasteiger charge is -2.28. The van der Waals surface area contributed by atoms with Gasteiger partial charge in [0.1, 0.15) is 0 Å². The second kappa shape index (κ2) is 9.91. The molecule has 0 bridgehead atoms. The highest BCUT2D eigenvalue weighted by Gasteiger charge is 2.34. The summed E-state index contributed by atoms with van der Waals surface area (Å²) >= 11 is 0. The smallest absolute Gasteiger partial charge is 0.429 e. The molecule has 0 aliphatic carbocycles. The average molecular weight is 377 g/mol. The molecular weight excluding hydrogens is 350 g/mol. The molecule has 0 spiro atoms. The van der Waals surface area contributed by atoms with E-state index in [0.29, 0.717) is 32.4 Å². The molecular formula is C19H27N3O5. The lowest BCUT2D eigenvalue weighted by Crippen LogP contribution is -2.47. The number of nitrogens with zero attached hydrogens (tertiary/aromatic N) is 3. The van der Waals surface area contributed by atoms with Gasteiger partial charge in [-0.25, -0.2) is 19.6 Å². The highest BCUT2D eigenvalue weighted by molar-refractivity contribution is 5.81. The highest BCUT2D eigenvalue weighted by atomic mass is 16.6. The van der Waals surface area contributed by atoms with E-state index in [2.05, 4.69) is 0 Å². The number of benzene rings is 1. The van der Waals surface area contributed by atoms with Gasteiger partial charge in [-0.1, -0.05) is 30.3 Å². The number of hydrogen-bond donors (Lipinski definition) is 1. The van der Waals surface area contributed by atoms with Crippen molar-refractivity contribution >= 4 is 18.0 Å². The maximum absolute atomic E-state index is 12.5. The molecule has 8 heteroatoms. The van der Waals surface area contributed by atoms with Crippen LogP contribution in [0.15, 0.2) is 30.3 Å². The van der Waals surface area contributed by atoms with E-state index in [1.807, 2.05) is 25.1 Å². The molecule has 1 heterocycles. The number of ether oxygens (including phenoxy) is 1. The Balaban J connectivity index is 1.95. The summed E-state index contributed by atoms with van der Waals surface area (Å²) in [7, 11) is 3.87. The first-order chi connectivity index (χ1) is 12.9. The fourth-order valence-electron chi connectivity index (χ4n) is 2.93. The van der Waals surface area contributed by atoms with Gasteiger partial charge in [0.05, 0.1) is 0 Å². The number of carbonyl (C=O) groups excluding carboxylic acids is 2. The van der Waals surface area contributed by atoms with E-state index >= 15 is 0 Å². The second-order valence-corrected chi connectivity index (χ2v) is 6.80. The van der Waals surface area contributed by atoms with Crippen molar-refractivity contribution in [1.82, 2.24) is 14.9 Å². The van der Waals surface area contributed by atoms with Crippen LogP contribution in [-0.4, -0.2) is 77.8 Å². The van der Waals surface area contributed by atoms with Crippen LogP contribution in [0.3, 0.4) is 0 Å². The van der Waals surface area contributed by atoms with Crippen molar-refractivity contribution in [2.45, 2.75) is 31.8 Å². The predicted octanol–water partition coefficient (Wildman–Crippen LogP) is 1.61. The third kappa shape index (κ3) is 6.25. The Morgan fingerprint density at radius 2 is 1.81 bits per heavy atom. The Morgan fingerprint density at radius 3 is 2.44 bits per heavy atom. The molecule has 1 aliphatic rings. The van der Waals surface area contributed by atoms with Crippen LogP contribution in [0.4, 0.5) is 4.79 Å². The molecule has 1 atom stereocenters. The molecule has 2 amide bonds. The molecule has 2 rings (SSSR count). The quantitative estimate of drug-likeness (QED) is 0.740. The van der Waals surface area contributed by atoms with Crippen LogP contribution in [0.2, 0.25) is 0 Å². The molecule has 0 aromatic heterocycles. The summed E-state index contributed by atoms with van der Waals surface area (Å²) in [6, 6.07) is 8.98. The Labute approximate surface area is 159 Å². The molecule has 1 aromatic carbocycles. The second-order valence-electron chi connectivity index (χ2n) is 6.80. The molecule has 0 saturated carbocycles. The highest BCUT2D eigenvalue weighted by Crippen LogP contribution is 2.16. The van der Waals surface area contributed by atoms with E-state index in [1.54, 1.807) is 24.3 Å². The van der Waals surface area contributed by atoms with Crippen molar-refractivity contribution in [3.63, 3.8) is 0 Å². The number of aliphatic carboxylic acids is 1. The Hall–Kier alpha value is -2.61. The van der Waals surface area contributed by atoms with Crippen LogP contribution in [0.1, 0.15) is 24.8 Å². The fourth-order valence-corrected chi connectivity index (χ4v) is 2.93. The summed E-state index contributed by atoms with van der Waals surface area (Å²) in [6.45, 7) is 1.56. The van der Waals surface area contributed by atoms with E-state index in [0.717, 1.165) is 12.1 Å². The van der Waals surface area contributed by atoms with Crippen molar-refractivity contribution in [3.8, 4) is 0 Å². The number of carboxylic acid groups (broad SMARTS) is 1. The first-order valence-corrected chi connectivity index (χ1v) is 9.08. The van der Waals surface area contributed by atoms with Gasteiger partial charge in [0.2, 0.25) is 12.0 Å². The van der Waals surface area contributed by atoms with E-state index in [9.17, 15) is 19.5 Å². The Kier molecular flexibility index (Phi) is 7.60. The maximum Gasteiger partial charge on any atom is 0.429 e. The van der Waals surface area contributed by atoms with Gasteiger partial charge >= 0.3 is 12.1 Å². The Bertz CT molecular complexity index is 650. The molecule has 1 aliphatic heterocycles. The summed E-state index contributed by atoms with van der Waals surface area (Å²) in [6.07, 6.45) is -0.356. The van der Waals surface area contributed by atoms with Crippen LogP contribution in [0, 0.1) is 0 Å². The average Bonchev–Trinajstić information content (AvgIpc) is 3.11. The topological polar surface area (TPSA) is 90.4 Å². The van der Waals surface area contributed by atoms with E-state index in [-0.39, 0.29) is 12.3 Å². The van der Waals surface area contributed by atoms with Crippen molar-refractivity contribution < 1.29 is 24.2 Å². The zero-order valence-corrected chi connectivity index (χ0v) is 15.8. The van der Waals surface area contributed by atoms with Gasteiger partial charge in [0, 0.05) is 25.9 Å². The molecule has 1 N–H and O–H groups in total. The summed E-state index contributed by atoms with van der Waals surface area (Å²) in [4.78, 5) is 38.4. The molecule has 27 heavy (non-hydrogen) atoms. The van der Waals surface area contributed by atoms with Crippen LogP contribution < -0.4 is 0 Å². The summed E-state index contributed by atoms with van der Waals surface area (Å²) in [5.74, 6) is -1.36. The zero-order chi connectivity index (χ0) is 19.8. The summed E-state index contributed by atoms with van der Waals surface area (Å²) in [5.41, 5.74) is 0.760. The molecule has 1 aromatic rings. The van der Waals surface area contributed by atoms with E-state index in [1.165, 1.54) is 10.0 Å². The summed E-state index contributed by atoms with van der Waals surface area (Å²) < 4.78 is 5.21. The minimum atomic E-state index is -1.30. The molecule has 1 fully saturated rings. The monoisotopic (exact) mass is 377 g/mol. The lowest BCUT2D eigenvalue weighted by molar-refractivity contribution is -0.150. The van der Waals surface area contributed by atoms with Crippen LogP contribution in [0.25, 0.3) is 0 Å². The third-order valence-corrected chi connectivity index (χ3v) is 4.31. The standard InChI is InChI=1S/C19H27N3O5/c1-20(2)11-6-10-17(23)21-12-7-13-22(21)19(26)27-16(18(24)25)14-15-8-4-3-5-9-15/h3-5,8-9,16H,6-7,10-14H2,1-2H3,(H,24,25). The van der Waals surface area contributed by atoms with Crippen molar-refractivity contribution in [2.75, 3.05) is 33.7 Å². The first kappa shape index (κ1) is 20.7. The van der Waals surface area contributed by atoms with Crippen LogP contribution in [-0.2, 0) is 20.7 Å². The minimum absolute atomic E-state index is 0.0759. The number of amides is 2. The number of rotatable bonds is 8.